The Hall–Kier alpha value is -3.95. The van der Waals surface area contributed by atoms with Gasteiger partial charge in [-0.15, -0.1) is 0 Å². The Labute approximate surface area is 152 Å². The molecule has 0 fully saturated rings. The number of benzene rings is 2. The number of hydrogen-bond acceptors (Lipinski definition) is 8. The van der Waals surface area contributed by atoms with Gasteiger partial charge < -0.3 is 19.9 Å². The normalized spacial score (nSPS) is 10.0. The molecule has 0 heterocycles. The van der Waals surface area contributed by atoms with Gasteiger partial charge in [0.15, 0.2) is 0 Å². The maximum atomic E-state index is 11.8. The average Bonchev–Trinajstić information content (AvgIpc) is 2.66. The molecule has 0 unspecified atom stereocenters. The molecule has 2 aromatic rings. The van der Waals surface area contributed by atoms with Crippen LogP contribution in [0.4, 0.5) is 5.69 Å². The van der Waals surface area contributed by atoms with Crippen LogP contribution in [0.5, 0.6) is 11.5 Å². The predicted molar refractivity (Wildman–Crippen MR) is 90.8 cm³/mol. The van der Waals surface area contributed by atoms with E-state index in [9.17, 15) is 24.5 Å². The maximum absolute atomic E-state index is 11.8. The Bertz CT molecular complexity index is 904. The van der Waals surface area contributed by atoms with Crippen LogP contribution >= 0.6 is 0 Å². The van der Waals surface area contributed by atoms with E-state index in [0.717, 1.165) is 20.3 Å². The van der Waals surface area contributed by atoms with E-state index in [4.69, 9.17) is 10.5 Å². The van der Waals surface area contributed by atoms with Crippen LogP contribution in [0, 0.1) is 10.1 Å². The second kappa shape index (κ2) is 7.95. The highest BCUT2D eigenvalue weighted by Gasteiger charge is 2.20. The molecule has 0 saturated heterocycles. The van der Waals surface area contributed by atoms with Crippen LogP contribution in [0.1, 0.15) is 31.1 Å². The molecule has 10 nitrogen and oxygen atoms in total. The van der Waals surface area contributed by atoms with Gasteiger partial charge in [0.25, 0.3) is 0 Å². The van der Waals surface area contributed by atoms with Crippen LogP contribution in [0.25, 0.3) is 0 Å². The summed E-state index contributed by atoms with van der Waals surface area (Å²) in [5.41, 5.74) is 4.48. The highest BCUT2D eigenvalue weighted by Crippen LogP contribution is 2.33. The number of carbonyl (C=O) groups excluding carboxylic acids is 3. The van der Waals surface area contributed by atoms with Crippen LogP contribution in [-0.2, 0) is 9.47 Å². The van der Waals surface area contributed by atoms with E-state index in [-0.39, 0.29) is 28.2 Å². The van der Waals surface area contributed by atoms with Crippen molar-refractivity contribution in [3.05, 3.63) is 63.2 Å². The van der Waals surface area contributed by atoms with Crippen molar-refractivity contribution in [1.82, 2.24) is 0 Å². The van der Waals surface area contributed by atoms with Crippen LogP contribution < -0.4 is 10.5 Å². The second-order valence-electron chi connectivity index (χ2n) is 5.14. The fourth-order valence-electron chi connectivity index (χ4n) is 2.16. The molecule has 0 saturated carbocycles. The Morgan fingerprint density at radius 2 is 1.48 bits per heavy atom. The lowest BCUT2D eigenvalue weighted by molar-refractivity contribution is -0.385. The minimum absolute atomic E-state index is 0.0215. The van der Waals surface area contributed by atoms with Crippen molar-refractivity contribution in [3.8, 4) is 11.5 Å². The van der Waals surface area contributed by atoms with Crippen molar-refractivity contribution in [2.45, 2.75) is 0 Å². The van der Waals surface area contributed by atoms with Gasteiger partial charge in [0, 0.05) is 11.6 Å². The lowest BCUT2D eigenvalue weighted by Gasteiger charge is -2.10. The first-order valence-corrected chi connectivity index (χ1v) is 7.34. The fourth-order valence-corrected chi connectivity index (χ4v) is 2.16. The quantitative estimate of drug-likeness (QED) is 0.459. The van der Waals surface area contributed by atoms with Crippen molar-refractivity contribution in [3.63, 3.8) is 0 Å². The summed E-state index contributed by atoms with van der Waals surface area (Å²) < 4.78 is 14.7. The van der Waals surface area contributed by atoms with E-state index in [0.29, 0.717) is 0 Å². The lowest BCUT2D eigenvalue weighted by atomic mass is 10.1. The average molecular weight is 374 g/mol. The van der Waals surface area contributed by atoms with E-state index in [1.165, 1.54) is 30.3 Å². The summed E-state index contributed by atoms with van der Waals surface area (Å²) in [4.78, 5) is 45.3. The van der Waals surface area contributed by atoms with Crippen molar-refractivity contribution in [2.24, 2.45) is 5.73 Å². The summed E-state index contributed by atoms with van der Waals surface area (Å²) in [5, 5.41) is 11.3. The Balaban J connectivity index is 2.53. The minimum Gasteiger partial charge on any atom is -0.465 e. The zero-order valence-electron chi connectivity index (χ0n) is 14.3. The van der Waals surface area contributed by atoms with Crippen molar-refractivity contribution in [2.75, 3.05) is 14.2 Å². The molecule has 27 heavy (non-hydrogen) atoms. The number of nitro benzene ring substituents is 1. The molecule has 0 aromatic heterocycles. The van der Waals surface area contributed by atoms with Crippen molar-refractivity contribution in [1.29, 1.82) is 0 Å². The molecule has 0 spiro atoms. The Kier molecular flexibility index (Phi) is 5.71. The van der Waals surface area contributed by atoms with Gasteiger partial charge in [0.05, 0.1) is 30.3 Å². The zero-order chi connectivity index (χ0) is 20.1. The summed E-state index contributed by atoms with van der Waals surface area (Å²) in [5.74, 6) is -2.60. The number of nitrogens with two attached hydrogens (primary N) is 1. The van der Waals surface area contributed by atoms with Crippen molar-refractivity contribution < 1.29 is 33.5 Å². The van der Waals surface area contributed by atoms with E-state index in [1.54, 1.807) is 0 Å². The third kappa shape index (κ3) is 4.37. The molecule has 0 aliphatic rings. The highest BCUT2D eigenvalue weighted by atomic mass is 16.6. The SMILES string of the molecule is COC(=O)c1cc(Oc2ccc(C(N)=O)cc2[N+](=O)[O-])cc(C(=O)OC)c1. The first-order valence-electron chi connectivity index (χ1n) is 7.34. The number of amides is 1. The van der Waals surface area contributed by atoms with Gasteiger partial charge in [0.1, 0.15) is 5.75 Å². The van der Waals surface area contributed by atoms with E-state index in [1.807, 2.05) is 0 Å². The van der Waals surface area contributed by atoms with Gasteiger partial charge in [-0.05, 0) is 30.3 Å². The monoisotopic (exact) mass is 374 g/mol. The molecular formula is C17H14N2O8. The predicted octanol–water partition coefficient (Wildman–Crippen LogP) is 2.06. The van der Waals surface area contributed by atoms with Gasteiger partial charge in [-0.2, -0.15) is 0 Å². The molecule has 1 amide bonds. The van der Waals surface area contributed by atoms with Gasteiger partial charge in [-0.25, -0.2) is 9.59 Å². The molecule has 2 rings (SSSR count). The van der Waals surface area contributed by atoms with Crippen molar-refractivity contribution >= 4 is 23.5 Å². The highest BCUT2D eigenvalue weighted by molar-refractivity contribution is 5.96. The lowest BCUT2D eigenvalue weighted by Crippen LogP contribution is -2.11. The van der Waals surface area contributed by atoms with Gasteiger partial charge in [-0.1, -0.05) is 0 Å². The molecule has 0 aliphatic heterocycles. The summed E-state index contributed by atoms with van der Waals surface area (Å²) in [7, 11) is 2.31. The number of rotatable bonds is 6. The molecular weight excluding hydrogens is 360 g/mol. The molecule has 10 heteroatoms. The zero-order valence-corrected chi connectivity index (χ0v) is 14.3. The summed E-state index contributed by atoms with van der Waals surface area (Å²) in [6.07, 6.45) is 0. The molecule has 0 aliphatic carbocycles. The standard InChI is InChI=1S/C17H14N2O8/c1-25-16(21)10-5-11(17(22)26-2)7-12(6-10)27-14-4-3-9(15(18)20)8-13(14)19(23)24/h3-8H,1-2H3,(H2,18,20). The molecule has 0 radical (unpaired) electrons. The molecule has 2 aromatic carbocycles. The Morgan fingerprint density at radius 3 is 1.93 bits per heavy atom. The number of hydrogen-bond donors (Lipinski definition) is 1. The van der Waals surface area contributed by atoms with Crippen LogP contribution in [0.2, 0.25) is 0 Å². The third-order valence-corrected chi connectivity index (χ3v) is 3.42. The van der Waals surface area contributed by atoms with E-state index < -0.39 is 28.5 Å². The van der Waals surface area contributed by atoms with Crippen LogP contribution in [0.15, 0.2) is 36.4 Å². The molecule has 2 N–H and O–H groups in total. The number of nitro groups is 1. The third-order valence-electron chi connectivity index (χ3n) is 3.42. The summed E-state index contributed by atoms with van der Waals surface area (Å²) in [6.45, 7) is 0. The number of carbonyl (C=O) groups is 3. The number of primary amides is 1. The van der Waals surface area contributed by atoms with Gasteiger partial charge in [0.2, 0.25) is 11.7 Å². The Morgan fingerprint density at radius 1 is 0.926 bits per heavy atom. The van der Waals surface area contributed by atoms with Gasteiger partial charge in [-0.3, -0.25) is 14.9 Å². The minimum atomic E-state index is -0.842. The number of nitrogens with zero attached hydrogens (tertiary/aromatic N) is 1. The first kappa shape index (κ1) is 19.4. The number of methoxy groups -OCH3 is 2. The summed E-state index contributed by atoms with van der Waals surface area (Å²) in [6, 6.07) is 7.10. The van der Waals surface area contributed by atoms with E-state index in [2.05, 4.69) is 9.47 Å². The number of ether oxygens (including phenoxy) is 3. The van der Waals surface area contributed by atoms with Gasteiger partial charge >= 0.3 is 17.6 Å². The second-order valence-corrected chi connectivity index (χ2v) is 5.14. The largest absolute Gasteiger partial charge is 0.465 e. The fraction of sp³-hybridized carbons (Fsp3) is 0.118. The van der Waals surface area contributed by atoms with Crippen LogP contribution in [-0.4, -0.2) is 37.0 Å². The summed E-state index contributed by atoms with van der Waals surface area (Å²) >= 11 is 0. The maximum Gasteiger partial charge on any atom is 0.338 e. The number of esters is 2. The first-order chi connectivity index (χ1) is 12.8. The smallest absolute Gasteiger partial charge is 0.338 e. The molecule has 0 bridgehead atoms. The van der Waals surface area contributed by atoms with E-state index >= 15 is 0 Å². The molecule has 0 atom stereocenters. The molecule has 140 valence electrons. The topological polar surface area (TPSA) is 148 Å². The van der Waals surface area contributed by atoms with Crippen LogP contribution in [0.3, 0.4) is 0 Å².